The van der Waals surface area contributed by atoms with Crippen molar-refractivity contribution in [1.29, 1.82) is 0 Å². The topological polar surface area (TPSA) is 34.1 Å². The Kier molecular flexibility index (Phi) is 3.38. The Hall–Kier alpha value is -1.09. The second-order valence-electron chi connectivity index (χ2n) is 5.76. The molecule has 0 aromatic carbocycles. The molecule has 1 aromatic rings. The molecule has 0 unspecified atom stereocenters. The Morgan fingerprint density at radius 2 is 2.06 bits per heavy atom. The highest BCUT2D eigenvalue weighted by atomic mass is 16.5. The van der Waals surface area contributed by atoms with Crippen LogP contribution in [0.25, 0.3) is 0 Å². The summed E-state index contributed by atoms with van der Waals surface area (Å²) in [6.45, 7) is 9.06. The van der Waals surface area contributed by atoms with Crippen LogP contribution in [0.2, 0.25) is 0 Å². The first-order chi connectivity index (χ1) is 7.94. The van der Waals surface area contributed by atoms with Crippen LogP contribution in [0.5, 0.6) is 5.88 Å². The molecular formula is C14H22N2O. The third-order valence-corrected chi connectivity index (χ3v) is 2.74. The summed E-state index contributed by atoms with van der Waals surface area (Å²) in [5, 5.41) is 3.50. The summed E-state index contributed by atoms with van der Waals surface area (Å²) in [5.74, 6) is 0.713. The van der Waals surface area contributed by atoms with E-state index in [0.717, 1.165) is 18.3 Å². The molecule has 0 bridgehead atoms. The maximum Gasteiger partial charge on any atom is 0.213 e. The molecule has 17 heavy (non-hydrogen) atoms. The molecule has 0 radical (unpaired) electrons. The molecule has 1 aliphatic carbocycles. The third kappa shape index (κ3) is 4.00. The predicted molar refractivity (Wildman–Crippen MR) is 69.2 cm³/mol. The number of rotatable bonds is 4. The molecule has 0 aliphatic heterocycles. The van der Waals surface area contributed by atoms with Crippen LogP contribution in [0.15, 0.2) is 12.1 Å². The van der Waals surface area contributed by atoms with Crippen molar-refractivity contribution in [3.63, 3.8) is 0 Å². The van der Waals surface area contributed by atoms with Crippen molar-refractivity contribution in [2.24, 2.45) is 0 Å². The van der Waals surface area contributed by atoms with E-state index in [2.05, 4.69) is 16.4 Å². The first-order valence-electron chi connectivity index (χ1n) is 6.33. The average Bonchev–Trinajstić information content (AvgIpc) is 2.97. The molecule has 0 atom stereocenters. The summed E-state index contributed by atoms with van der Waals surface area (Å²) < 4.78 is 5.74. The van der Waals surface area contributed by atoms with Crippen LogP contribution in [-0.4, -0.2) is 16.6 Å². The van der Waals surface area contributed by atoms with Gasteiger partial charge in [-0.2, -0.15) is 0 Å². The van der Waals surface area contributed by atoms with Gasteiger partial charge < -0.3 is 10.1 Å². The number of hydrogen-bond donors (Lipinski definition) is 1. The molecule has 3 heteroatoms. The van der Waals surface area contributed by atoms with Crippen LogP contribution < -0.4 is 10.1 Å². The number of aromatic nitrogens is 1. The van der Waals surface area contributed by atoms with Gasteiger partial charge >= 0.3 is 0 Å². The summed E-state index contributed by atoms with van der Waals surface area (Å²) in [5.41, 5.74) is 2.13. The Balaban J connectivity index is 1.99. The number of nitrogens with zero attached hydrogens (tertiary/aromatic N) is 1. The summed E-state index contributed by atoms with van der Waals surface area (Å²) in [6, 6.07) is 4.81. The number of pyridine rings is 1. The van der Waals surface area contributed by atoms with Gasteiger partial charge in [0.05, 0.1) is 0 Å². The van der Waals surface area contributed by atoms with E-state index >= 15 is 0 Å². The van der Waals surface area contributed by atoms with Crippen LogP contribution in [0.4, 0.5) is 0 Å². The standard InChI is InChI=1S/C14H22N2O/c1-10-11(9-15-12-6-7-12)5-8-13(16-10)17-14(2,3)4/h5,8,12,15H,6-7,9H2,1-4H3. The SMILES string of the molecule is Cc1nc(OC(C)(C)C)ccc1CNC1CC1. The highest BCUT2D eigenvalue weighted by molar-refractivity contribution is 5.25. The molecule has 1 aromatic heterocycles. The van der Waals surface area contributed by atoms with E-state index in [0.29, 0.717) is 5.88 Å². The van der Waals surface area contributed by atoms with Crippen molar-refractivity contribution in [3.8, 4) is 5.88 Å². The van der Waals surface area contributed by atoms with Crippen molar-refractivity contribution >= 4 is 0 Å². The zero-order chi connectivity index (χ0) is 12.5. The van der Waals surface area contributed by atoms with Crippen molar-refractivity contribution in [2.75, 3.05) is 0 Å². The van der Waals surface area contributed by atoms with E-state index in [4.69, 9.17) is 4.74 Å². The summed E-state index contributed by atoms with van der Waals surface area (Å²) in [7, 11) is 0. The van der Waals surface area contributed by atoms with Gasteiger partial charge in [0, 0.05) is 24.3 Å². The van der Waals surface area contributed by atoms with Gasteiger partial charge in [0.1, 0.15) is 5.60 Å². The van der Waals surface area contributed by atoms with Gasteiger partial charge in [-0.05, 0) is 46.1 Å². The van der Waals surface area contributed by atoms with Gasteiger partial charge in [0.25, 0.3) is 0 Å². The smallest absolute Gasteiger partial charge is 0.213 e. The maximum absolute atomic E-state index is 5.74. The lowest BCUT2D eigenvalue weighted by atomic mass is 10.2. The normalized spacial score (nSPS) is 16.0. The minimum atomic E-state index is -0.187. The quantitative estimate of drug-likeness (QED) is 0.870. The van der Waals surface area contributed by atoms with Gasteiger partial charge in [-0.25, -0.2) is 4.98 Å². The lowest BCUT2D eigenvalue weighted by Crippen LogP contribution is -2.24. The molecule has 1 fully saturated rings. The summed E-state index contributed by atoms with van der Waals surface area (Å²) in [6.07, 6.45) is 2.63. The minimum absolute atomic E-state index is 0.187. The van der Waals surface area contributed by atoms with Crippen molar-refractivity contribution in [3.05, 3.63) is 23.4 Å². The fraction of sp³-hybridized carbons (Fsp3) is 0.643. The molecule has 0 saturated heterocycles. The molecule has 1 N–H and O–H groups in total. The van der Waals surface area contributed by atoms with E-state index < -0.39 is 0 Å². The molecule has 94 valence electrons. The summed E-state index contributed by atoms with van der Waals surface area (Å²) >= 11 is 0. The number of ether oxygens (including phenoxy) is 1. The highest BCUT2D eigenvalue weighted by Gasteiger charge is 2.20. The molecule has 2 rings (SSSR count). The van der Waals surface area contributed by atoms with Crippen molar-refractivity contribution < 1.29 is 4.74 Å². The van der Waals surface area contributed by atoms with Crippen molar-refractivity contribution in [1.82, 2.24) is 10.3 Å². The first kappa shape index (κ1) is 12.4. The van der Waals surface area contributed by atoms with Gasteiger partial charge in [0.2, 0.25) is 5.88 Å². The van der Waals surface area contributed by atoms with Gasteiger partial charge in [-0.3, -0.25) is 0 Å². The van der Waals surface area contributed by atoms with Crippen LogP contribution in [0, 0.1) is 6.92 Å². The lowest BCUT2D eigenvalue weighted by Gasteiger charge is -2.21. The van der Waals surface area contributed by atoms with Crippen LogP contribution in [0.3, 0.4) is 0 Å². The molecule has 0 amide bonds. The Labute approximate surface area is 104 Å². The van der Waals surface area contributed by atoms with E-state index in [1.54, 1.807) is 0 Å². The second kappa shape index (κ2) is 4.65. The van der Waals surface area contributed by atoms with Gasteiger partial charge in [0.15, 0.2) is 0 Å². The van der Waals surface area contributed by atoms with E-state index in [1.165, 1.54) is 18.4 Å². The zero-order valence-electron chi connectivity index (χ0n) is 11.2. The van der Waals surface area contributed by atoms with E-state index in [9.17, 15) is 0 Å². The monoisotopic (exact) mass is 234 g/mol. The van der Waals surface area contributed by atoms with E-state index in [-0.39, 0.29) is 5.60 Å². The molecular weight excluding hydrogens is 212 g/mol. The second-order valence-corrected chi connectivity index (χ2v) is 5.76. The molecule has 1 saturated carbocycles. The first-order valence-corrected chi connectivity index (χ1v) is 6.33. The molecule has 3 nitrogen and oxygen atoms in total. The predicted octanol–water partition coefficient (Wildman–Crippen LogP) is 2.82. The Bertz CT molecular complexity index is 392. The fourth-order valence-corrected chi connectivity index (χ4v) is 1.67. The lowest BCUT2D eigenvalue weighted by molar-refractivity contribution is 0.124. The Morgan fingerprint density at radius 3 is 2.59 bits per heavy atom. The highest BCUT2D eigenvalue weighted by Crippen LogP contribution is 2.21. The van der Waals surface area contributed by atoms with Gasteiger partial charge in [-0.1, -0.05) is 6.07 Å². The largest absolute Gasteiger partial charge is 0.472 e. The maximum atomic E-state index is 5.74. The van der Waals surface area contributed by atoms with Crippen LogP contribution in [-0.2, 0) is 6.54 Å². The Morgan fingerprint density at radius 1 is 1.35 bits per heavy atom. The fourth-order valence-electron chi connectivity index (χ4n) is 1.67. The third-order valence-electron chi connectivity index (χ3n) is 2.74. The molecule has 0 spiro atoms. The zero-order valence-corrected chi connectivity index (χ0v) is 11.2. The van der Waals surface area contributed by atoms with Crippen molar-refractivity contribution in [2.45, 2.75) is 58.7 Å². The van der Waals surface area contributed by atoms with Crippen LogP contribution in [0.1, 0.15) is 44.9 Å². The average molecular weight is 234 g/mol. The number of hydrogen-bond acceptors (Lipinski definition) is 3. The summed E-state index contributed by atoms with van der Waals surface area (Å²) in [4.78, 5) is 4.49. The van der Waals surface area contributed by atoms with Crippen LogP contribution >= 0.6 is 0 Å². The number of aryl methyl sites for hydroxylation is 1. The number of nitrogens with one attached hydrogen (secondary N) is 1. The van der Waals surface area contributed by atoms with E-state index in [1.807, 2.05) is 33.8 Å². The van der Waals surface area contributed by atoms with Gasteiger partial charge in [-0.15, -0.1) is 0 Å². The minimum Gasteiger partial charge on any atom is -0.472 e. The molecule has 1 heterocycles. The molecule has 1 aliphatic rings.